The van der Waals surface area contributed by atoms with Gasteiger partial charge in [-0.1, -0.05) is 23.0 Å². The van der Waals surface area contributed by atoms with Gasteiger partial charge in [0.05, 0.1) is 11.2 Å². The van der Waals surface area contributed by atoms with Gasteiger partial charge in [0.15, 0.2) is 10.8 Å². The number of carboxylic acid groups (broad SMARTS) is 1. The third kappa shape index (κ3) is 4.29. The fourth-order valence-electron chi connectivity index (χ4n) is 3.36. The second-order valence-electron chi connectivity index (χ2n) is 6.98. The number of carbonyl (C=O) groups excluding carboxylic acids is 2. The number of nitrogens with zero attached hydrogens (tertiary/aromatic N) is 4. The van der Waals surface area contributed by atoms with Crippen molar-refractivity contribution in [3.8, 4) is 0 Å². The Kier molecular flexibility index (Phi) is 6.70. The normalized spacial score (nSPS) is 22.6. The molecule has 0 aliphatic carbocycles. The molecule has 3 atom stereocenters. The zero-order chi connectivity index (χ0) is 24.6. The van der Waals surface area contributed by atoms with E-state index in [-0.39, 0.29) is 27.8 Å². The molecule has 0 bridgehead atoms. The minimum absolute atomic E-state index is 0.0688. The molecule has 2 aromatic rings. The molecule has 2 amide bonds. The molecule has 2 aromatic heterocycles. The molecule has 0 radical (unpaired) electrons. The molecule has 5 N–H and O–H groups in total. The topological polar surface area (TPSA) is 180 Å². The number of thioether (sulfide) groups is 1. The number of nitrogens with two attached hydrogens (primary N) is 1. The highest BCUT2D eigenvalue weighted by molar-refractivity contribution is 8.00. The molecule has 4 heterocycles. The highest BCUT2D eigenvalue weighted by Crippen LogP contribution is 2.44. The summed E-state index contributed by atoms with van der Waals surface area (Å²) in [5.41, 5.74) is 6.48. The molecule has 34 heavy (non-hydrogen) atoms. The van der Waals surface area contributed by atoms with Crippen molar-refractivity contribution in [1.29, 1.82) is 0 Å². The van der Waals surface area contributed by atoms with Crippen molar-refractivity contribution in [3.05, 3.63) is 44.5 Å². The lowest BCUT2D eigenvalue weighted by atomic mass is 10.0. The number of aryl methyl sites for hydroxylation is 1. The van der Waals surface area contributed by atoms with E-state index in [4.69, 9.17) is 10.6 Å². The number of thiazole rings is 2. The predicted molar refractivity (Wildman–Crippen MR) is 127 cm³/mol. The third-order valence-electron chi connectivity index (χ3n) is 4.94. The minimum Gasteiger partial charge on any atom is -0.477 e. The van der Waals surface area contributed by atoms with Crippen molar-refractivity contribution in [2.75, 3.05) is 12.8 Å². The number of nitrogens with one attached hydrogen (secondary N) is 1. The number of fused-ring (bicyclic) bond motifs is 1. The Balaban J connectivity index is 1.58. The van der Waals surface area contributed by atoms with Gasteiger partial charge in [0.1, 0.15) is 35.4 Å². The standard InChI is InChI=1S/C19H18N6O6S3/c1-7-10(33-6-21-7)4-3-8-13(17(28)29)25-15(27)12(16(25)34-18(8)30)23-14(26)11(24-31-2)9-5-32-19(20)22-9/h3-6,12,16,18,30H,1-2H3,(H2,20,22)(H,23,26)(H,28,29)/b4-3-,24-11-/t12-,16-,18?/m1/s1. The molecule has 1 saturated heterocycles. The van der Waals surface area contributed by atoms with Crippen molar-refractivity contribution in [1.82, 2.24) is 20.2 Å². The second kappa shape index (κ2) is 9.54. The molecule has 0 saturated carbocycles. The molecular formula is C19H18N6O6S3. The number of hydrogen-bond acceptors (Lipinski definition) is 12. The van der Waals surface area contributed by atoms with Crippen LogP contribution in [-0.4, -0.2) is 72.5 Å². The first-order chi connectivity index (χ1) is 16.2. The summed E-state index contributed by atoms with van der Waals surface area (Å²) in [6.45, 7) is 1.80. The van der Waals surface area contributed by atoms with E-state index in [9.17, 15) is 24.6 Å². The zero-order valence-corrected chi connectivity index (χ0v) is 20.1. The highest BCUT2D eigenvalue weighted by Gasteiger charge is 2.56. The van der Waals surface area contributed by atoms with E-state index in [1.54, 1.807) is 18.5 Å². The fourth-order valence-corrected chi connectivity index (χ4v) is 5.88. The Morgan fingerprint density at radius 2 is 2.12 bits per heavy atom. The number of anilines is 1. The van der Waals surface area contributed by atoms with Crippen LogP contribution in [0.15, 0.2) is 33.4 Å². The van der Waals surface area contributed by atoms with Gasteiger partial charge in [0.25, 0.3) is 11.8 Å². The van der Waals surface area contributed by atoms with Crippen LogP contribution >= 0.6 is 34.4 Å². The molecule has 0 spiro atoms. The summed E-state index contributed by atoms with van der Waals surface area (Å²) in [5, 5.41) is 27.6. The average molecular weight is 523 g/mol. The first-order valence-electron chi connectivity index (χ1n) is 9.58. The monoisotopic (exact) mass is 522 g/mol. The Labute approximate surface area is 204 Å². The van der Waals surface area contributed by atoms with Gasteiger partial charge in [-0.3, -0.25) is 14.5 Å². The van der Waals surface area contributed by atoms with Crippen LogP contribution < -0.4 is 11.1 Å². The van der Waals surface area contributed by atoms with Crippen LogP contribution in [0.4, 0.5) is 5.13 Å². The molecule has 1 fully saturated rings. The van der Waals surface area contributed by atoms with Gasteiger partial charge >= 0.3 is 5.97 Å². The SMILES string of the molecule is CO/N=C(\C(=O)N[C@@H]1C(=O)N2C(C(=O)O)=C(/C=C\c3scnc3C)C(O)S[C@H]12)c1csc(N)n1. The Morgan fingerprint density at radius 3 is 2.71 bits per heavy atom. The lowest BCUT2D eigenvalue weighted by Crippen LogP contribution is -2.71. The molecule has 0 aromatic carbocycles. The van der Waals surface area contributed by atoms with Crippen molar-refractivity contribution < 1.29 is 29.4 Å². The molecule has 2 aliphatic rings. The number of aliphatic hydroxyl groups excluding tert-OH is 1. The van der Waals surface area contributed by atoms with Crippen LogP contribution in [-0.2, 0) is 19.2 Å². The van der Waals surface area contributed by atoms with Crippen molar-refractivity contribution in [2.24, 2.45) is 5.16 Å². The molecular weight excluding hydrogens is 504 g/mol. The highest BCUT2D eigenvalue weighted by atomic mass is 32.2. The summed E-state index contributed by atoms with van der Waals surface area (Å²) in [4.78, 5) is 52.4. The number of rotatable bonds is 7. The largest absolute Gasteiger partial charge is 0.477 e. The first-order valence-corrected chi connectivity index (χ1v) is 12.3. The van der Waals surface area contributed by atoms with Gasteiger partial charge in [0, 0.05) is 15.8 Å². The molecule has 2 aliphatic heterocycles. The van der Waals surface area contributed by atoms with Crippen LogP contribution in [0.3, 0.4) is 0 Å². The van der Waals surface area contributed by atoms with E-state index in [1.807, 2.05) is 0 Å². The van der Waals surface area contributed by atoms with E-state index in [2.05, 4.69) is 20.4 Å². The second-order valence-corrected chi connectivity index (χ2v) is 9.95. The summed E-state index contributed by atoms with van der Waals surface area (Å²) in [6, 6.07) is -1.09. The van der Waals surface area contributed by atoms with E-state index in [0.717, 1.165) is 38.6 Å². The molecule has 1 unspecified atom stereocenters. The number of carboxylic acids is 1. The summed E-state index contributed by atoms with van der Waals surface area (Å²) in [6.07, 6.45) is 3.11. The number of hydrogen-bond donors (Lipinski definition) is 4. The Bertz CT molecular complexity index is 1250. The van der Waals surface area contributed by atoms with E-state index >= 15 is 0 Å². The summed E-state index contributed by atoms with van der Waals surface area (Å²) in [7, 11) is 1.25. The fraction of sp³-hybridized carbons (Fsp3) is 0.263. The summed E-state index contributed by atoms with van der Waals surface area (Å²) < 4.78 is 0. The summed E-state index contributed by atoms with van der Waals surface area (Å²) in [5.74, 6) is -2.76. The maximum atomic E-state index is 12.9. The van der Waals surface area contributed by atoms with E-state index in [0.29, 0.717) is 0 Å². The summed E-state index contributed by atoms with van der Waals surface area (Å²) >= 11 is 3.40. The number of aliphatic carboxylic acids is 1. The zero-order valence-electron chi connectivity index (χ0n) is 17.7. The molecule has 178 valence electrons. The number of amides is 2. The van der Waals surface area contributed by atoms with Crippen LogP contribution in [0.2, 0.25) is 0 Å². The lowest BCUT2D eigenvalue weighted by molar-refractivity contribution is -0.150. The number of β-lactam (4-membered cyclic amide) rings is 1. The van der Waals surface area contributed by atoms with Crippen molar-refractivity contribution in [2.45, 2.75) is 23.8 Å². The van der Waals surface area contributed by atoms with Crippen molar-refractivity contribution >= 4 is 69.1 Å². The quantitative estimate of drug-likeness (QED) is 0.228. The van der Waals surface area contributed by atoms with Gasteiger partial charge in [-0.05, 0) is 13.0 Å². The van der Waals surface area contributed by atoms with Crippen LogP contribution in [0, 0.1) is 6.92 Å². The third-order valence-corrected chi connectivity index (χ3v) is 7.78. The number of aromatic nitrogens is 2. The van der Waals surface area contributed by atoms with Crippen LogP contribution in [0.25, 0.3) is 6.08 Å². The number of aliphatic hydroxyl groups is 1. The molecule has 12 nitrogen and oxygen atoms in total. The van der Waals surface area contributed by atoms with Gasteiger partial charge in [0.2, 0.25) is 0 Å². The van der Waals surface area contributed by atoms with E-state index in [1.165, 1.54) is 29.9 Å². The van der Waals surface area contributed by atoms with Gasteiger partial charge in [-0.15, -0.1) is 22.7 Å². The lowest BCUT2D eigenvalue weighted by Gasteiger charge is -2.50. The minimum atomic E-state index is -1.37. The molecule has 15 heteroatoms. The molecule has 4 rings (SSSR count). The van der Waals surface area contributed by atoms with Crippen molar-refractivity contribution in [3.63, 3.8) is 0 Å². The van der Waals surface area contributed by atoms with Crippen LogP contribution in [0.1, 0.15) is 16.3 Å². The predicted octanol–water partition coefficient (Wildman–Crippen LogP) is 0.611. The van der Waals surface area contributed by atoms with Crippen LogP contribution in [0.5, 0.6) is 0 Å². The van der Waals surface area contributed by atoms with Gasteiger partial charge in [-0.2, -0.15) is 0 Å². The maximum Gasteiger partial charge on any atom is 0.353 e. The number of nitrogen functional groups attached to an aromatic ring is 1. The Morgan fingerprint density at radius 1 is 1.35 bits per heavy atom. The number of oxime groups is 1. The maximum absolute atomic E-state index is 12.9. The number of carbonyl (C=O) groups is 3. The van der Waals surface area contributed by atoms with Gasteiger partial charge < -0.3 is 26.1 Å². The smallest absolute Gasteiger partial charge is 0.353 e. The Hall–Kier alpha value is -3.27. The van der Waals surface area contributed by atoms with E-state index < -0.39 is 34.6 Å². The van der Waals surface area contributed by atoms with Gasteiger partial charge in [-0.25, -0.2) is 14.8 Å². The first kappa shape index (κ1) is 23.9. The average Bonchev–Trinajstić information content (AvgIpc) is 3.41.